The van der Waals surface area contributed by atoms with E-state index in [1.807, 2.05) is 26.8 Å². The second kappa shape index (κ2) is 3.69. The lowest BCUT2D eigenvalue weighted by Gasteiger charge is -2.32. The van der Waals surface area contributed by atoms with Crippen molar-refractivity contribution in [1.29, 1.82) is 0 Å². The minimum absolute atomic E-state index is 0.0430. The first kappa shape index (κ1) is 13.4. The summed E-state index contributed by atoms with van der Waals surface area (Å²) in [7, 11) is 0. The summed E-state index contributed by atoms with van der Waals surface area (Å²) in [5.74, 6) is 0.596. The predicted octanol–water partition coefficient (Wildman–Crippen LogP) is 2.93. The summed E-state index contributed by atoms with van der Waals surface area (Å²) < 4.78 is 0. The van der Waals surface area contributed by atoms with Crippen molar-refractivity contribution in [2.24, 2.45) is 11.3 Å². The van der Waals surface area contributed by atoms with E-state index < -0.39 is 0 Å². The van der Waals surface area contributed by atoms with E-state index in [0.29, 0.717) is 11.7 Å². The summed E-state index contributed by atoms with van der Waals surface area (Å²) in [6.07, 6.45) is 2.80. The Morgan fingerprint density at radius 1 is 1.31 bits per heavy atom. The lowest BCUT2D eigenvalue weighted by atomic mass is 9.83. The van der Waals surface area contributed by atoms with E-state index in [2.05, 4.69) is 32.7 Å². The van der Waals surface area contributed by atoms with Gasteiger partial charge in [-0.25, -0.2) is 0 Å². The van der Waals surface area contributed by atoms with E-state index in [-0.39, 0.29) is 16.5 Å². The van der Waals surface area contributed by atoms with Gasteiger partial charge >= 0.3 is 0 Å². The smallest absolute Gasteiger partial charge is 0.158 e. The second-order valence-electron chi connectivity index (χ2n) is 6.97. The van der Waals surface area contributed by atoms with Crippen LogP contribution in [0, 0.1) is 11.3 Å². The number of nitrogens with one attached hydrogen (secondary N) is 1. The van der Waals surface area contributed by atoms with Crippen molar-refractivity contribution in [3.63, 3.8) is 0 Å². The van der Waals surface area contributed by atoms with Crippen molar-refractivity contribution in [2.75, 3.05) is 0 Å². The van der Waals surface area contributed by atoms with Crippen LogP contribution in [0.15, 0.2) is 12.7 Å². The fraction of sp³-hybridized carbons (Fsp3) is 0.786. The summed E-state index contributed by atoms with van der Waals surface area (Å²) in [4.78, 5) is 12.5. The van der Waals surface area contributed by atoms with Gasteiger partial charge in [-0.15, -0.1) is 6.58 Å². The van der Waals surface area contributed by atoms with Crippen LogP contribution in [0.2, 0.25) is 0 Å². The Morgan fingerprint density at radius 2 is 1.81 bits per heavy atom. The van der Waals surface area contributed by atoms with Gasteiger partial charge in [-0.2, -0.15) is 0 Å². The molecule has 0 aromatic carbocycles. The van der Waals surface area contributed by atoms with Crippen molar-refractivity contribution in [3.05, 3.63) is 12.7 Å². The molecule has 1 saturated carbocycles. The van der Waals surface area contributed by atoms with Gasteiger partial charge in [0, 0.05) is 16.9 Å². The molecule has 0 heterocycles. The third-order valence-electron chi connectivity index (χ3n) is 2.98. The predicted molar refractivity (Wildman–Crippen MR) is 68.4 cm³/mol. The zero-order valence-corrected chi connectivity index (χ0v) is 11.5. The van der Waals surface area contributed by atoms with Crippen LogP contribution in [-0.4, -0.2) is 16.9 Å². The lowest BCUT2D eigenvalue weighted by Crippen LogP contribution is -2.54. The number of carbonyl (C=O) groups is 1. The Hall–Kier alpha value is -0.630. The van der Waals surface area contributed by atoms with E-state index in [4.69, 9.17) is 0 Å². The molecule has 1 rings (SSSR count). The van der Waals surface area contributed by atoms with Crippen LogP contribution in [-0.2, 0) is 4.79 Å². The van der Waals surface area contributed by atoms with Crippen LogP contribution in [0.3, 0.4) is 0 Å². The molecule has 0 amide bonds. The molecular formula is C14H25NO. The number of hydrogen-bond acceptors (Lipinski definition) is 2. The normalized spacial score (nSPS) is 30.0. The molecule has 0 aromatic heterocycles. The largest absolute Gasteiger partial charge is 0.300 e. The molecule has 1 N–H and O–H groups in total. The minimum atomic E-state index is -0.363. The van der Waals surface area contributed by atoms with E-state index in [9.17, 15) is 4.79 Å². The number of hydrogen-bond donors (Lipinski definition) is 1. The summed E-state index contributed by atoms with van der Waals surface area (Å²) in [6.45, 7) is 16.1. The Kier molecular flexibility index (Phi) is 3.10. The molecule has 16 heavy (non-hydrogen) atoms. The molecule has 0 saturated heterocycles. The first-order valence-electron chi connectivity index (χ1n) is 6.00. The minimum Gasteiger partial charge on any atom is -0.300 e. The summed E-state index contributed by atoms with van der Waals surface area (Å²) in [6, 6.07) is 0. The van der Waals surface area contributed by atoms with E-state index in [1.54, 1.807) is 0 Å². The van der Waals surface area contributed by atoms with Crippen LogP contribution < -0.4 is 5.32 Å². The van der Waals surface area contributed by atoms with Gasteiger partial charge in [-0.3, -0.25) is 10.1 Å². The third-order valence-corrected chi connectivity index (χ3v) is 2.98. The maximum Gasteiger partial charge on any atom is 0.158 e. The number of ketones is 1. The van der Waals surface area contributed by atoms with Gasteiger partial charge < -0.3 is 0 Å². The first-order chi connectivity index (χ1) is 7.03. The zero-order chi connectivity index (χ0) is 12.8. The van der Waals surface area contributed by atoms with Crippen LogP contribution in [0.4, 0.5) is 0 Å². The lowest BCUT2D eigenvalue weighted by molar-refractivity contribution is -0.130. The summed E-state index contributed by atoms with van der Waals surface area (Å²) >= 11 is 0. The molecule has 92 valence electrons. The second-order valence-corrected chi connectivity index (χ2v) is 6.97. The first-order valence-corrected chi connectivity index (χ1v) is 6.00. The van der Waals surface area contributed by atoms with Gasteiger partial charge in [0.15, 0.2) is 5.78 Å². The number of rotatable bonds is 3. The molecule has 0 aliphatic heterocycles. The van der Waals surface area contributed by atoms with Gasteiger partial charge in [-0.1, -0.05) is 26.8 Å². The Labute approximate surface area is 99.5 Å². The van der Waals surface area contributed by atoms with E-state index in [1.165, 1.54) is 0 Å². The zero-order valence-electron chi connectivity index (χ0n) is 11.5. The van der Waals surface area contributed by atoms with Gasteiger partial charge in [0.1, 0.15) is 0 Å². The highest BCUT2D eigenvalue weighted by molar-refractivity contribution is 5.96. The Bertz CT molecular complexity index is 306. The Morgan fingerprint density at radius 3 is 2.06 bits per heavy atom. The molecular weight excluding hydrogens is 198 g/mol. The van der Waals surface area contributed by atoms with Gasteiger partial charge in [-0.05, 0) is 27.2 Å². The van der Waals surface area contributed by atoms with Crippen LogP contribution in [0.5, 0.6) is 0 Å². The molecule has 1 fully saturated rings. The average Bonchev–Trinajstić information content (AvgIpc) is 2.73. The van der Waals surface area contributed by atoms with Crippen LogP contribution in [0.1, 0.15) is 48.0 Å². The summed E-state index contributed by atoms with van der Waals surface area (Å²) in [5.41, 5.74) is -0.701. The standard InChI is InChI=1S/C14H25NO/c1-8-10-9-14(10,15-13(5,6)7)11(16)12(2,3)4/h8,10,15H,1,9H2,2-7H3/t10-,14-/m1/s1. The molecule has 0 bridgehead atoms. The molecule has 2 nitrogen and oxygen atoms in total. The van der Waals surface area contributed by atoms with E-state index in [0.717, 1.165) is 6.42 Å². The van der Waals surface area contributed by atoms with Crippen LogP contribution >= 0.6 is 0 Å². The van der Waals surface area contributed by atoms with Crippen molar-refractivity contribution in [1.82, 2.24) is 5.32 Å². The average molecular weight is 223 g/mol. The number of carbonyl (C=O) groups excluding carboxylic acids is 1. The molecule has 2 heteroatoms. The van der Waals surface area contributed by atoms with Crippen LogP contribution in [0.25, 0.3) is 0 Å². The highest BCUT2D eigenvalue weighted by Gasteiger charge is 2.61. The van der Waals surface area contributed by atoms with Crippen molar-refractivity contribution >= 4 is 5.78 Å². The van der Waals surface area contributed by atoms with Gasteiger partial charge in [0.05, 0.1) is 5.54 Å². The molecule has 1 aliphatic rings. The molecule has 2 atom stereocenters. The maximum atomic E-state index is 12.5. The van der Waals surface area contributed by atoms with E-state index >= 15 is 0 Å². The molecule has 0 spiro atoms. The molecule has 0 aromatic rings. The van der Waals surface area contributed by atoms with Gasteiger partial charge in [0.2, 0.25) is 0 Å². The van der Waals surface area contributed by atoms with Crippen molar-refractivity contribution in [3.8, 4) is 0 Å². The Balaban J connectivity index is 2.93. The monoisotopic (exact) mass is 223 g/mol. The highest BCUT2D eigenvalue weighted by Crippen LogP contribution is 2.49. The quantitative estimate of drug-likeness (QED) is 0.745. The fourth-order valence-corrected chi connectivity index (χ4v) is 2.37. The topological polar surface area (TPSA) is 29.1 Å². The highest BCUT2D eigenvalue weighted by atomic mass is 16.1. The molecule has 0 radical (unpaired) electrons. The van der Waals surface area contributed by atoms with Crippen molar-refractivity contribution in [2.45, 2.75) is 59.0 Å². The third kappa shape index (κ3) is 2.54. The molecule has 0 unspecified atom stereocenters. The SMILES string of the molecule is C=C[C@@H]1C[C@]1(NC(C)(C)C)C(=O)C(C)(C)C. The number of Topliss-reactive ketones (excluding diaryl/α,β-unsaturated/α-hetero) is 1. The van der Waals surface area contributed by atoms with Crippen molar-refractivity contribution < 1.29 is 4.79 Å². The summed E-state index contributed by atoms with van der Waals surface area (Å²) in [5, 5.41) is 3.49. The fourth-order valence-electron chi connectivity index (χ4n) is 2.37. The molecule has 1 aliphatic carbocycles. The maximum absolute atomic E-state index is 12.5. The van der Waals surface area contributed by atoms with Gasteiger partial charge in [0.25, 0.3) is 0 Å².